The maximum Gasteiger partial charge on any atom is 0.269 e. The number of nitrogens with zero attached hydrogens (tertiary/aromatic N) is 4. The average Bonchev–Trinajstić information content (AvgIpc) is 3.41. The van der Waals surface area contributed by atoms with Gasteiger partial charge in [-0.25, -0.2) is 0 Å². The smallest absolute Gasteiger partial charge is 0.269 e. The van der Waals surface area contributed by atoms with E-state index in [2.05, 4.69) is 53.6 Å². The molecule has 166 valence electrons. The highest BCUT2D eigenvalue weighted by Gasteiger charge is 2.16. The van der Waals surface area contributed by atoms with Gasteiger partial charge in [0.2, 0.25) is 0 Å². The van der Waals surface area contributed by atoms with E-state index in [4.69, 9.17) is 0 Å². The minimum absolute atomic E-state index is 0.186. The summed E-state index contributed by atoms with van der Waals surface area (Å²) in [7, 11) is 0. The lowest BCUT2D eigenvalue weighted by molar-refractivity contribution is 0.712. The van der Waals surface area contributed by atoms with Crippen LogP contribution >= 0.6 is 0 Å². The number of para-hydroxylation sites is 2. The van der Waals surface area contributed by atoms with Gasteiger partial charge in [0.25, 0.3) is 11.1 Å². The van der Waals surface area contributed by atoms with Crippen molar-refractivity contribution >= 4 is 21.8 Å². The summed E-state index contributed by atoms with van der Waals surface area (Å²) in [4.78, 5) is 38.4. The quantitative estimate of drug-likeness (QED) is 0.423. The molecule has 0 aliphatic rings. The maximum absolute atomic E-state index is 12.3. The van der Waals surface area contributed by atoms with E-state index < -0.39 is 0 Å². The molecule has 6 rings (SSSR count). The van der Waals surface area contributed by atoms with E-state index in [0.717, 1.165) is 32.9 Å². The van der Waals surface area contributed by atoms with Crippen LogP contribution < -0.4 is 11.1 Å². The minimum Gasteiger partial charge on any atom is -0.326 e. The first kappa shape index (κ1) is 19.9. The zero-order valence-electron chi connectivity index (χ0n) is 18.1. The number of fused-ring (bicyclic) bond motifs is 2. The molecule has 0 aliphatic heterocycles. The lowest BCUT2D eigenvalue weighted by atomic mass is 10.1. The predicted octanol–water partition coefficient (Wildman–Crippen LogP) is 3.26. The summed E-state index contributed by atoms with van der Waals surface area (Å²) in [5, 5.41) is 2.10. The SMILES string of the molecule is O=c1[nH]ccnc1Cc1cn(-n2cc(Cc3ncc[nH]c3=O)c3ccccc32)c2ccccc12. The molecule has 2 N–H and O–H groups in total. The molecule has 8 nitrogen and oxygen atoms in total. The van der Waals surface area contributed by atoms with Gasteiger partial charge in [0.15, 0.2) is 0 Å². The van der Waals surface area contributed by atoms with Gasteiger partial charge in [-0.1, -0.05) is 36.4 Å². The fraction of sp³-hybridized carbons (Fsp3) is 0.0769. The van der Waals surface area contributed by atoms with Crippen molar-refractivity contribution in [2.45, 2.75) is 12.8 Å². The molecule has 6 aromatic rings. The summed E-state index contributed by atoms with van der Waals surface area (Å²) < 4.78 is 4.16. The van der Waals surface area contributed by atoms with Crippen molar-refractivity contribution < 1.29 is 0 Å². The van der Waals surface area contributed by atoms with Crippen LogP contribution in [0.4, 0.5) is 0 Å². The Bertz CT molecular complexity index is 1640. The van der Waals surface area contributed by atoms with Gasteiger partial charge in [0.05, 0.1) is 11.0 Å². The normalized spacial score (nSPS) is 11.4. The van der Waals surface area contributed by atoms with Crippen LogP contribution in [0.3, 0.4) is 0 Å². The zero-order chi connectivity index (χ0) is 23.1. The van der Waals surface area contributed by atoms with Gasteiger partial charge in [-0.3, -0.25) is 28.9 Å². The number of rotatable bonds is 5. The van der Waals surface area contributed by atoms with Crippen molar-refractivity contribution in [2.24, 2.45) is 0 Å². The standard InChI is InChI=1S/C26H20N6O2/c33-25-21(27-9-11-29-25)13-17-15-31(23-7-3-1-5-19(17)23)32-16-18(20-6-2-4-8-24(20)32)14-22-26(34)30-12-10-28-22/h1-12,15-16H,13-14H2,(H,29,33)(H,30,34). The van der Waals surface area contributed by atoms with Crippen molar-refractivity contribution in [2.75, 3.05) is 0 Å². The van der Waals surface area contributed by atoms with Crippen LogP contribution in [0.2, 0.25) is 0 Å². The monoisotopic (exact) mass is 448 g/mol. The Labute approximate surface area is 193 Å². The molecular weight excluding hydrogens is 428 g/mol. The molecule has 0 bridgehead atoms. The van der Waals surface area contributed by atoms with Crippen LogP contribution in [0.15, 0.2) is 95.3 Å². The second-order valence-corrected chi connectivity index (χ2v) is 8.12. The van der Waals surface area contributed by atoms with Crippen molar-refractivity contribution in [3.63, 3.8) is 0 Å². The number of hydrogen-bond donors (Lipinski definition) is 2. The molecule has 4 heterocycles. The van der Waals surface area contributed by atoms with E-state index in [1.54, 1.807) is 12.4 Å². The Balaban J connectivity index is 1.53. The van der Waals surface area contributed by atoms with Crippen LogP contribution in [0.25, 0.3) is 21.8 Å². The molecule has 0 atom stereocenters. The summed E-state index contributed by atoms with van der Waals surface area (Å²) in [6.45, 7) is 0. The molecule has 34 heavy (non-hydrogen) atoms. The Morgan fingerprint density at radius 3 is 1.53 bits per heavy atom. The molecule has 4 aromatic heterocycles. The zero-order valence-corrected chi connectivity index (χ0v) is 18.1. The lowest BCUT2D eigenvalue weighted by Crippen LogP contribution is -2.14. The van der Waals surface area contributed by atoms with Crippen LogP contribution in [0, 0.1) is 0 Å². The maximum atomic E-state index is 12.3. The first-order valence-electron chi connectivity index (χ1n) is 10.9. The van der Waals surface area contributed by atoms with E-state index in [0.29, 0.717) is 24.2 Å². The number of aromatic amines is 2. The highest BCUT2D eigenvalue weighted by Crippen LogP contribution is 2.28. The number of nitrogens with one attached hydrogen (secondary N) is 2. The van der Waals surface area contributed by atoms with E-state index >= 15 is 0 Å². The summed E-state index contributed by atoms with van der Waals surface area (Å²) in [6, 6.07) is 16.2. The summed E-state index contributed by atoms with van der Waals surface area (Å²) in [6.07, 6.45) is 11.2. The molecule has 0 fully saturated rings. The van der Waals surface area contributed by atoms with Crippen molar-refractivity contribution in [3.8, 4) is 0 Å². The van der Waals surface area contributed by atoms with Gasteiger partial charge in [-0.2, -0.15) is 0 Å². The third kappa shape index (κ3) is 3.32. The molecule has 0 amide bonds. The Morgan fingerprint density at radius 2 is 1.09 bits per heavy atom. The van der Waals surface area contributed by atoms with Crippen molar-refractivity contribution in [1.82, 2.24) is 29.3 Å². The van der Waals surface area contributed by atoms with Gasteiger partial charge >= 0.3 is 0 Å². The van der Waals surface area contributed by atoms with Gasteiger partial charge in [-0.05, 0) is 23.3 Å². The minimum atomic E-state index is -0.186. The van der Waals surface area contributed by atoms with Gasteiger partial charge < -0.3 is 9.97 Å². The Hall–Kier alpha value is -4.72. The molecular formula is C26H20N6O2. The van der Waals surface area contributed by atoms with Crippen molar-refractivity contribution in [3.05, 3.63) is 129 Å². The fourth-order valence-electron chi connectivity index (χ4n) is 4.48. The fourth-order valence-corrected chi connectivity index (χ4v) is 4.48. The first-order valence-corrected chi connectivity index (χ1v) is 10.9. The summed E-state index contributed by atoms with van der Waals surface area (Å²) >= 11 is 0. The molecule has 0 radical (unpaired) electrons. The molecule has 0 saturated heterocycles. The topological polar surface area (TPSA) is 101 Å². The third-order valence-electron chi connectivity index (χ3n) is 6.06. The second kappa shape index (κ2) is 8.00. The number of H-pyrrole nitrogens is 2. The van der Waals surface area contributed by atoms with Crippen molar-refractivity contribution in [1.29, 1.82) is 0 Å². The van der Waals surface area contributed by atoms with E-state index in [9.17, 15) is 9.59 Å². The van der Waals surface area contributed by atoms with Gasteiger partial charge in [0.1, 0.15) is 11.4 Å². The van der Waals surface area contributed by atoms with Crippen LogP contribution in [0.1, 0.15) is 22.5 Å². The molecule has 0 spiro atoms. The number of hydrogen-bond acceptors (Lipinski definition) is 4. The second-order valence-electron chi connectivity index (χ2n) is 8.12. The Morgan fingerprint density at radius 1 is 0.647 bits per heavy atom. The molecule has 8 heteroatoms. The van der Waals surface area contributed by atoms with E-state index in [1.165, 1.54) is 12.4 Å². The highest BCUT2D eigenvalue weighted by atomic mass is 16.1. The predicted molar refractivity (Wildman–Crippen MR) is 130 cm³/mol. The molecule has 2 aromatic carbocycles. The Kier molecular flexibility index (Phi) is 4.69. The van der Waals surface area contributed by atoms with Gasteiger partial charge in [-0.15, -0.1) is 0 Å². The van der Waals surface area contributed by atoms with E-state index in [-0.39, 0.29) is 11.1 Å². The number of aromatic nitrogens is 6. The third-order valence-corrected chi connectivity index (χ3v) is 6.06. The first-order chi connectivity index (χ1) is 16.7. The summed E-state index contributed by atoms with van der Waals surface area (Å²) in [5.41, 5.74) is 4.58. The largest absolute Gasteiger partial charge is 0.326 e. The average molecular weight is 448 g/mol. The van der Waals surface area contributed by atoms with Crippen LogP contribution in [0.5, 0.6) is 0 Å². The van der Waals surface area contributed by atoms with E-state index in [1.807, 2.05) is 36.7 Å². The highest BCUT2D eigenvalue weighted by molar-refractivity contribution is 5.87. The van der Waals surface area contributed by atoms with Crippen LogP contribution in [-0.2, 0) is 12.8 Å². The molecule has 0 saturated carbocycles. The summed E-state index contributed by atoms with van der Waals surface area (Å²) in [5.74, 6) is 0. The number of benzene rings is 2. The molecule has 0 unspecified atom stereocenters. The van der Waals surface area contributed by atoms with Gasteiger partial charge in [0, 0.05) is 60.8 Å². The molecule has 0 aliphatic carbocycles. The van der Waals surface area contributed by atoms with Crippen LogP contribution in [-0.4, -0.2) is 29.3 Å². The lowest BCUT2D eigenvalue weighted by Gasteiger charge is -2.08.